The fourth-order valence-electron chi connectivity index (χ4n) is 3.31. The van der Waals surface area contributed by atoms with E-state index in [1.54, 1.807) is 0 Å². The Morgan fingerprint density at radius 3 is 2.15 bits per heavy atom. The van der Waals surface area contributed by atoms with Gasteiger partial charge in [-0.1, -0.05) is 32.6 Å². The van der Waals surface area contributed by atoms with Crippen LogP contribution in [0.3, 0.4) is 0 Å². The second-order valence-corrected chi connectivity index (χ2v) is 5.68. The number of halogens is 3. The highest BCUT2D eigenvalue weighted by molar-refractivity contribution is 4.95. The lowest BCUT2D eigenvalue weighted by Gasteiger charge is -2.41. The molecule has 1 aliphatic rings. The van der Waals surface area contributed by atoms with Gasteiger partial charge in [-0.2, -0.15) is 13.2 Å². The molecule has 1 saturated carbocycles. The van der Waals surface area contributed by atoms with Gasteiger partial charge in [0, 0.05) is 19.1 Å². The topological polar surface area (TPSA) is 21.3 Å². The van der Waals surface area contributed by atoms with Crippen molar-refractivity contribution in [3.05, 3.63) is 0 Å². The van der Waals surface area contributed by atoms with E-state index in [-0.39, 0.29) is 12.5 Å². The summed E-state index contributed by atoms with van der Waals surface area (Å²) < 4.78 is 43.6. The van der Waals surface area contributed by atoms with Crippen LogP contribution < -0.4 is 5.32 Å². The zero-order chi connectivity index (χ0) is 15.1. The molecule has 20 heavy (non-hydrogen) atoms. The molecule has 1 rings (SSSR count). The van der Waals surface area contributed by atoms with Crippen molar-refractivity contribution in [2.45, 2.75) is 83.0 Å². The van der Waals surface area contributed by atoms with Gasteiger partial charge in [0.2, 0.25) is 0 Å². The Hall–Kier alpha value is -0.290. The van der Waals surface area contributed by atoms with E-state index in [2.05, 4.69) is 5.32 Å². The second kappa shape index (κ2) is 8.23. The van der Waals surface area contributed by atoms with Crippen LogP contribution in [-0.2, 0) is 4.74 Å². The molecule has 0 bridgehead atoms. The Morgan fingerprint density at radius 1 is 1.10 bits per heavy atom. The monoisotopic (exact) mass is 295 g/mol. The highest BCUT2D eigenvalue weighted by atomic mass is 19.4. The average molecular weight is 295 g/mol. The maximum Gasteiger partial charge on any atom is 0.389 e. The predicted octanol–water partition coefficient (Wildman–Crippen LogP) is 4.44. The summed E-state index contributed by atoms with van der Waals surface area (Å²) in [5.74, 6) is 0. The van der Waals surface area contributed by atoms with Crippen molar-refractivity contribution >= 4 is 0 Å². The minimum absolute atomic E-state index is 0.108. The molecular formula is C15H28F3NO. The lowest BCUT2D eigenvalue weighted by molar-refractivity contribution is -0.144. The van der Waals surface area contributed by atoms with Crippen molar-refractivity contribution in [2.24, 2.45) is 0 Å². The van der Waals surface area contributed by atoms with Gasteiger partial charge in [-0.25, -0.2) is 0 Å². The molecule has 0 aliphatic heterocycles. The minimum Gasteiger partial charge on any atom is -0.374 e. The van der Waals surface area contributed by atoms with Crippen LogP contribution in [0.4, 0.5) is 13.2 Å². The molecule has 1 unspecified atom stereocenters. The van der Waals surface area contributed by atoms with Gasteiger partial charge in [0.25, 0.3) is 0 Å². The Labute approximate surface area is 120 Å². The van der Waals surface area contributed by atoms with Crippen LogP contribution in [0.25, 0.3) is 0 Å². The molecule has 1 atom stereocenters. The molecule has 0 aromatic carbocycles. The lowest BCUT2D eigenvalue weighted by atomic mass is 9.83. The highest BCUT2D eigenvalue weighted by Crippen LogP contribution is 2.36. The van der Waals surface area contributed by atoms with Gasteiger partial charge in [0.15, 0.2) is 0 Å². The molecule has 0 heterocycles. The van der Waals surface area contributed by atoms with Crippen molar-refractivity contribution in [1.82, 2.24) is 5.32 Å². The number of hydrogen-bond donors (Lipinski definition) is 1. The van der Waals surface area contributed by atoms with E-state index < -0.39 is 18.2 Å². The number of likely N-dealkylation sites (N-methyl/N-ethyl adjacent to an activating group) is 1. The van der Waals surface area contributed by atoms with E-state index in [1.807, 2.05) is 13.8 Å². The van der Waals surface area contributed by atoms with E-state index in [1.165, 1.54) is 0 Å². The summed E-state index contributed by atoms with van der Waals surface area (Å²) in [6.45, 7) is 5.11. The van der Waals surface area contributed by atoms with Crippen molar-refractivity contribution in [2.75, 3.05) is 13.2 Å². The highest BCUT2D eigenvalue weighted by Gasteiger charge is 2.41. The zero-order valence-corrected chi connectivity index (χ0v) is 12.7. The summed E-state index contributed by atoms with van der Waals surface area (Å²) in [6.07, 6.45) is 1.44. The van der Waals surface area contributed by atoms with E-state index in [0.717, 1.165) is 38.5 Å². The molecule has 2 nitrogen and oxygen atoms in total. The van der Waals surface area contributed by atoms with E-state index in [4.69, 9.17) is 4.74 Å². The van der Waals surface area contributed by atoms with Gasteiger partial charge in [0.05, 0.1) is 5.60 Å². The Balaban J connectivity index is 2.80. The minimum atomic E-state index is -4.09. The molecule has 0 radical (unpaired) electrons. The van der Waals surface area contributed by atoms with Crippen molar-refractivity contribution < 1.29 is 17.9 Å². The largest absolute Gasteiger partial charge is 0.389 e. The summed E-state index contributed by atoms with van der Waals surface area (Å²) in [7, 11) is 0. The SMILES string of the molecule is CCNC(CCC(F)(F)F)C1(OCC)CCCCCC1. The van der Waals surface area contributed by atoms with Crippen molar-refractivity contribution in [3.8, 4) is 0 Å². The standard InChI is InChI=1S/C15H28F3NO/c1-3-19-13(9-12-15(16,17)18)14(20-4-2)10-7-5-6-8-11-14/h13,19H,3-12H2,1-2H3. The quantitative estimate of drug-likeness (QED) is 0.701. The van der Waals surface area contributed by atoms with Crippen LogP contribution in [0.1, 0.15) is 65.2 Å². The van der Waals surface area contributed by atoms with E-state index >= 15 is 0 Å². The maximum atomic E-state index is 12.5. The number of hydrogen-bond acceptors (Lipinski definition) is 2. The summed E-state index contributed by atoms with van der Waals surface area (Å²) in [5, 5.41) is 3.25. The molecule has 0 aromatic rings. The van der Waals surface area contributed by atoms with Gasteiger partial charge in [-0.15, -0.1) is 0 Å². The van der Waals surface area contributed by atoms with Crippen LogP contribution in [-0.4, -0.2) is 31.0 Å². The molecule has 1 N–H and O–H groups in total. The first-order valence-corrected chi connectivity index (χ1v) is 7.87. The number of nitrogens with one attached hydrogen (secondary N) is 1. The molecule has 1 fully saturated rings. The van der Waals surface area contributed by atoms with E-state index in [9.17, 15) is 13.2 Å². The molecule has 5 heteroatoms. The summed E-state index contributed by atoms with van der Waals surface area (Å²) in [5.41, 5.74) is -0.410. The average Bonchev–Trinajstić information content (AvgIpc) is 2.60. The normalized spacial score (nSPS) is 21.4. The van der Waals surface area contributed by atoms with Crippen LogP contribution >= 0.6 is 0 Å². The first kappa shape index (κ1) is 17.8. The molecule has 1 aliphatic carbocycles. The molecule has 0 aromatic heterocycles. The maximum absolute atomic E-state index is 12.5. The lowest BCUT2D eigenvalue weighted by Crippen LogP contribution is -2.52. The fourth-order valence-corrected chi connectivity index (χ4v) is 3.31. The van der Waals surface area contributed by atoms with Crippen LogP contribution in [0, 0.1) is 0 Å². The van der Waals surface area contributed by atoms with Crippen molar-refractivity contribution in [1.29, 1.82) is 0 Å². The predicted molar refractivity (Wildman–Crippen MR) is 74.8 cm³/mol. The van der Waals surface area contributed by atoms with E-state index in [0.29, 0.717) is 13.2 Å². The molecule has 120 valence electrons. The van der Waals surface area contributed by atoms with Crippen molar-refractivity contribution in [3.63, 3.8) is 0 Å². The Morgan fingerprint density at radius 2 is 1.70 bits per heavy atom. The molecule has 0 spiro atoms. The summed E-state index contributed by atoms with van der Waals surface area (Å²) in [4.78, 5) is 0. The second-order valence-electron chi connectivity index (χ2n) is 5.68. The third-order valence-electron chi connectivity index (χ3n) is 4.18. The number of rotatable bonds is 7. The first-order chi connectivity index (χ1) is 9.43. The third-order valence-corrected chi connectivity index (χ3v) is 4.18. The Kier molecular flexibility index (Phi) is 7.30. The summed E-state index contributed by atoms with van der Waals surface area (Å²) >= 11 is 0. The Bertz CT molecular complexity index is 260. The molecule has 0 amide bonds. The molecular weight excluding hydrogens is 267 g/mol. The third kappa shape index (κ3) is 5.60. The van der Waals surface area contributed by atoms with Gasteiger partial charge < -0.3 is 10.1 Å². The molecule has 0 saturated heterocycles. The van der Waals surface area contributed by atoms with Crippen LogP contribution in [0.2, 0.25) is 0 Å². The fraction of sp³-hybridized carbons (Fsp3) is 1.00. The van der Waals surface area contributed by atoms with Gasteiger partial charge in [0.1, 0.15) is 0 Å². The van der Waals surface area contributed by atoms with Crippen LogP contribution in [0.5, 0.6) is 0 Å². The van der Waals surface area contributed by atoms with Gasteiger partial charge in [-0.3, -0.25) is 0 Å². The number of ether oxygens (including phenoxy) is 1. The van der Waals surface area contributed by atoms with Gasteiger partial charge >= 0.3 is 6.18 Å². The van der Waals surface area contributed by atoms with Crippen LogP contribution in [0.15, 0.2) is 0 Å². The summed E-state index contributed by atoms with van der Waals surface area (Å²) in [6, 6.07) is -0.202. The number of alkyl halides is 3. The first-order valence-electron chi connectivity index (χ1n) is 7.87. The van der Waals surface area contributed by atoms with Gasteiger partial charge in [-0.05, 0) is 32.7 Å². The zero-order valence-electron chi connectivity index (χ0n) is 12.7. The smallest absolute Gasteiger partial charge is 0.374 e.